The van der Waals surface area contributed by atoms with Crippen molar-refractivity contribution in [1.29, 1.82) is 0 Å². The van der Waals surface area contributed by atoms with Crippen LogP contribution in [0.25, 0.3) is 0 Å². The molecule has 0 aromatic carbocycles. The molecule has 2 rings (SSSR count). The van der Waals surface area contributed by atoms with Gasteiger partial charge in [-0.15, -0.1) is 0 Å². The molecule has 0 spiro atoms. The number of aromatic amines is 1. The first-order valence-corrected chi connectivity index (χ1v) is 7.58. The van der Waals surface area contributed by atoms with E-state index in [4.69, 9.17) is 4.74 Å². The van der Waals surface area contributed by atoms with Crippen LogP contribution in [0.1, 0.15) is 40.7 Å². The van der Waals surface area contributed by atoms with Crippen LogP contribution in [0.2, 0.25) is 0 Å². The van der Waals surface area contributed by atoms with Crippen LogP contribution in [0.3, 0.4) is 0 Å². The van der Waals surface area contributed by atoms with E-state index in [0.29, 0.717) is 30.8 Å². The molecule has 0 aliphatic carbocycles. The predicted octanol–water partition coefficient (Wildman–Crippen LogP) is 2.77. The fourth-order valence-corrected chi connectivity index (χ4v) is 2.47. The highest BCUT2D eigenvalue weighted by atomic mass is 16.5. The number of H-pyrrole nitrogens is 1. The van der Waals surface area contributed by atoms with Gasteiger partial charge in [0.05, 0.1) is 18.5 Å². The number of hydrogen-bond donors (Lipinski definition) is 2. The van der Waals surface area contributed by atoms with Gasteiger partial charge in [-0.05, 0) is 50.5 Å². The van der Waals surface area contributed by atoms with E-state index in [1.807, 2.05) is 13.8 Å². The quantitative estimate of drug-likeness (QED) is 0.803. The normalized spacial score (nSPS) is 10.4. The van der Waals surface area contributed by atoms with Gasteiger partial charge in [0, 0.05) is 18.3 Å². The van der Waals surface area contributed by atoms with Gasteiger partial charge in [0.2, 0.25) is 5.91 Å². The molecule has 0 radical (unpaired) electrons. The van der Waals surface area contributed by atoms with Crippen LogP contribution in [0.5, 0.6) is 0 Å². The number of pyridine rings is 1. The highest BCUT2D eigenvalue weighted by Gasteiger charge is 2.18. The Morgan fingerprint density at radius 2 is 2.13 bits per heavy atom. The number of amides is 1. The van der Waals surface area contributed by atoms with Crippen molar-refractivity contribution in [2.75, 3.05) is 11.9 Å². The molecule has 0 fully saturated rings. The summed E-state index contributed by atoms with van der Waals surface area (Å²) in [7, 11) is 0. The van der Waals surface area contributed by atoms with Gasteiger partial charge in [-0.25, -0.2) is 4.79 Å². The van der Waals surface area contributed by atoms with Gasteiger partial charge >= 0.3 is 5.97 Å². The zero-order chi connectivity index (χ0) is 16.8. The number of carbonyl (C=O) groups is 2. The lowest BCUT2D eigenvalue weighted by atomic mass is 10.0. The maximum atomic E-state index is 12.0. The summed E-state index contributed by atoms with van der Waals surface area (Å²) in [4.78, 5) is 30.9. The summed E-state index contributed by atoms with van der Waals surface area (Å²) < 4.78 is 5.03. The Balaban J connectivity index is 2.00. The number of anilines is 1. The second-order valence-electron chi connectivity index (χ2n) is 5.24. The number of nitrogens with one attached hydrogen (secondary N) is 2. The Morgan fingerprint density at radius 1 is 1.35 bits per heavy atom. The summed E-state index contributed by atoms with van der Waals surface area (Å²) in [5.41, 5.74) is 3.85. The summed E-state index contributed by atoms with van der Waals surface area (Å²) in [5.74, 6) is -0.449. The Kier molecular flexibility index (Phi) is 5.51. The number of ether oxygens (including phenoxy) is 1. The molecule has 0 unspecified atom stereocenters. The largest absolute Gasteiger partial charge is 0.461 e. The molecule has 6 heteroatoms. The zero-order valence-electron chi connectivity index (χ0n) is 13.6. The van der Waals surface area contributed by atoms with Crippen LogP contribution < -0.4 is 5.32 Å². The van der Waals surface area contributed by atoms with Crippen LogP contribution in [0.4, 0.5) is 5.69 Å². The van der Waals surface area contributed by atoms with Gasteiger partial charge in [-0.3, -0.25) is 9.78 Å². The van der Waals surface area contributed by atoms with Crippen LogP contribution in [0.15, 0.2) is 24.5 Å². The van der Waals surface area contributed by atoms with Crippen molar-refractivity contribution in [1.82, 2.24) is 9.97 Å². The van der Waals surface area contributed by atoms with Crippen molar-refractivity contribution in [3.05, 3.63) is 47.0 Å². The summed E-state index contributed by atoms with van der Waals surface area (Å²) in [5, 5.41) is 2.80. The highest BCUT2D eigenvalue weighted by Crippen LogP contribution is 2.20. The van der Waals surface area contributed by atoms with Crippen LogP contribution in [0, 0.1) is 13.8 Å². The fraction of sp³-hybridized carbons (Fsp3) is 0.353. The minimum absolute atomic E-state index is 0.0873. The minimum atomic E-state index is -0.362. The molecule has 0 saturated carbocycles. The summed E-state index contributed by atoms with van der Waals surface area (Å²) in [6.07, 6.45) is 4.14. The lowest BCUT2D eigenvalue weighted by Gasteiger charge is -2.05. The van der Waals surface area contributed by atoms with Crippen molar-refractivity contribution in [3.8, 4) is 0 Å². The number of aryl methyl sites for hydroxylation is 1. The molecule has 0 aliphatic rings. The van der Waals surface area contributed by atoms with Gasteiger partial charge in [0.25, 0.3) is 0 Å². The first-order valence-electron chi connectivity index (χ1n) is 7.58. The SMILES string of the molecule is CCOC(=O)c1[nH]c(C)c(CCC(=O)Nc2cccnc2)c1C. The molecule has 2 N–H and O–H groups in total. The van der Waals surface area contributed by atoms with E-state index in [9.17, 15) is 9.59 Å². The van der Waals surface area contributed by atoms with E-state index in [2.05, 4.69) is 15.3 Å². The lowest BCUT2D eigenvalue weighted by Crippen LogP contribution is -2.12. The van der Waals surface area contributed by atoms with Crippen molar-refractivity contribution in [3.63, 3.8) is 0 Å². The zero-order valence-corrected chi connectivity index (χ0v) is 13.6. The average Bonchev–Trinajstić information content (AvgIpc) is 2.81. The number of aromatic nitrogens is 2. The van der Waals surface area contributed by atoms with Gasteiger partial charge in [-0.1, -0.05) is 0 Å². The Hall–Kier alpha value is -2.63. The maximum absolute atomic E-state index is 12.0. The Morgan fingerprint density at radius 3 is 2.78 bits per heavy atom. The summed E-state index contributed by atoms with van der Waals surface area (Å²) >= 11 is 0. The van der Waals surface area contributed by atoms with Crippen molar-refractivity contribution >= 4 is 17.6 Å². The van der Waals surface area contributed by atoms with E-state index in [-0.39, 0.29) is 11.9 Å². The molecule has 6 nitrogen and oxygen atoms in total. The first kappa shape index (κ1) is 16.7. The molecular formula is C17H21N3O3. The maximum Gasteiger partial charge on any atom is 0.355 e. The van der Waals surface area contributed by atoms with Crippen LogP contribution in [-0.4, -0.2) is 28.5 Å². The minimum Gasteiger partial charge on any atom is -0.461 e. The molecule has 0 atom stereocenters. The van der Waals surface area contributed by atoms with Crippen molar-refractivity contribution in [2.24, 2.45) is 0 Å². The molecule has 2 heterocycles. The molecular weight excluding hydrogens is 294 g/mol. The number of rotatable bonds is 6. The number of hydrogen-bond acceptors (Lipinski definition) is 4. The van der Waals surface area contributed by atoms with E-state index < -0.39 is 0 Å². The van der Waals surface area contributed by atoms with E-state index in [1.165, 1.54) is 0 Å². The predicted molar refractivity (Wildman–Crippen MR) is 87.4 cm³/mol. The molecule has 2 aromatic heterocycles. The topological polar surface area (TPSA) is 84.1 Å². The Bertz CT molecular complexity index is 693. The third kappa shape index (κ3) is 4.18. The van der Waals surface area contributed by atoms with Gasteiger partial charge in [-0.2, -0.15) is 0 Å². The second kappa shape index (κ2) is 7.58. The van der Waals surface area contributed by atoms with Crippen molar-refractivity contribution in [2.45, 2.75) is 33.6 Å². The van der Waals surface area contributed by atoms with Gasteiger partial charge in [0.1, 0.15) is 5.69 Å². The van der Waals surface area contributed by atoms with Crippen molar-refractivity contribution < 1.29 is 14.3 Å². The molecule has 0 aliphatic heterocycles. The van der Waals surface area contributed by atoms with E-state index >= 15 is 0 Å². The lowest BCUT2D eigenvalue weighted by molar-refractivity contribution is -0.116. The summed E-state index contributed by atoms with van der Waals surface area (Å²) in [6.45, 7) is 5.86. The van der Waals surface area contributed by atoms with E-state index in [1.54, 1.807) is 31.5 Å². The number of esters is 1. The smallest absolute Gasteiger partial charge is 0.355 e. The molecule has 1 amide bonds. The van der Waals surface area contributed by atoms with Crippen LogP contribution >= 0.6 is 0 Å². The second-order valence-corrected chi connectivity index (χ2v) is 5.24. The average molecular weight is 315 g/mol. The molecule has 0 bridgehead atoms. The molecule has 122 valence electrons. The van der Waals surface area contributed by atoms with E-state index in [0.717, 1.165) is 16.8 Å². The number of nitrogens with zero attached hydrogens (tertiary/aromatic N) is 1. The highest BCUT2D eigenvalue weighted by molar-refractivity contribution is 5.91. The fourth-order valence-electron chi connectivity index (χ4n) is 2.47. The Labute approximate surface area is 135 Å². The first-order chi connectivity index (χ1) is 11.0. The van der Waals surface area contributed by atoms with Crippen LogP contribution in [-0.2, 0) is 16.0 Å². The summed E-state index contributed by atoms with van der Waals surface area (Å²) in [6, 6.07) is 3.55. The van der Waals surface area contributed by atoms with Gasteiger partial charge < -0.3 is 15.0 Å². The van der Waals surface area contributed by atoms with Gasteiger partial charge in [0.15, 0.2) is 0 Å². The molecule has 0 saturated heterocycles. The monoisotopic (exact) mass is 315 g/mol. The third-order valence-electron chi connectivity index (χ3n) is 3.62. The molecule has 23 heavy (non-hydrogen) atoms. The standard InChI is InChI=1S/C17H21N3O3/c1-4-23-17(22)16-11(2)14(12(3)19-16)7-8-15(21)20-13-6-5-9-18-10-13/h5-6,9-10,19H,4,7-8H2,1-3H3,(H,20,21). The third-order valence-corrected chi connectivity index (χ3v) is 3.62. The number of carbonyl (C=O) groups excluding carboxylic acids is 2. The molecule has 2 aromatic rings.